The van der Waals surface area contributed by atoms with Crippen LogP contribution in [-0.4, -0.2) is 33.2 Å². The van der Waals surface area contributed by atoms with Crippen molar-refractivity contribution in [2.24, 2.45) is 5.92 Å². The van der Waals surface area contributed by atoms with Gasteiger partial charge in [0, 0.05) is 42.8 Å². The lowest BCUT2D eigenvalue weighted by atomic mass is 9.99. The zero-order valence-corrected chi connectivity index (χ0v) is 16.9. The molecule has 1 aromatic heterocycles. The fraction of sp³-hybridized carbons (Fsp3) is 0.455. The molecule has 1 aliphatic heterocycles. The molecule has 2 heterocycles. The molecule has 6 nitrogen and oxygen atoms in total. The third-order valence-electron chi connectivity index (χ3n) is 5.43. The van der Waals surface area contributed by atoms with Crippen LogP contribution in [0.2, 0.25) is 0 Å². The second-order valence-electron chi connectivity index (χ2n) is 7.19. The van der Waals surface area contributed by atoms with Crippen molar-refractivity contribution in [2.45, 2.75) is 53.0 Å². The first-order valence-corrected chi connectivity index (χ1v) is 10.1. The van der Waals surface area contributed by atoms with Crippen molar-refractivity contribution >= 4 is 17.8 Å². The maximum Gasteiger partial charge on any atom is 0.258 e. The number of nitrogens with zero attached hydrogens (tertiary/aromatic N) is 3. The summed E-state index contributed by atoms with van der Waals surface area (Å²) in [5.74, 6) is 0.385. The molecule has 0 radical (unpaired) electrons. The van der Waals surface area contributed by atoms with E-state index in [9.17, 15) is 9.59 Å². The highest BCUT2D eigenvalue weighted by molar-refractivity contribution is 6.03. The van der Waals surface area contributed by atoms with Gasteiger partial charge in [-0.3, -0.25) is 14.9 Å². The Morgan fingerprint density at radius 2 is 1.86 bits per heavy atom. The molecule has 0 aliphatic carbocycles. The van der Waals surface area contributed by atoms with E-state index >= 15 is 0 Å². The molecule has 0 atom stereocenters. The number of aryl methyl sites for hydroxylation is 1. The van der Waals surface area contributed by atoms with Gasteiger partial charge < -0.3 is 4.90 Å². The molecule has 0 unspecified atom stereocenters. The van der Waals surface area contributed by atoms with Crippen LogP contribution >= 0.6 is 0 Å². The summed E-state index contributed by atoms with van der Waals surface area (Å²) in [6.07, 6.45) is 5.06. The number of carbonyl (C=O) groups excluding carboxylic acids is 2. The van der Waals surface area contributed by atoms with Gasteiger partial charge in [0.25, 0.3) is 5.91 Å². The number of anilines is 1. The smallest absolute Gasteiger partial charge is 0.258 e. The summed E-state index contributed by atoms with van der Waals surface area (Å²) in [4.78, 5) is 35.7. The van der Waals surface area contributed by atoms with Crippen molar-refractivity contribution in [1.82, 2.24) is 14.9 Å². The van der Waals surface area contributed by atoms with Crippen LogP contribution in [0.3, 0.4) is 0 Å². The highest BCUT2D eigenvalue weighted by atomic mass is 16.2. The molecule has 2 amide bonds. The molecule has 0 fully saturated rings. The van der Waals surface area contributed by atoms with Gasteiger partial charge in [0.2, 0.25) is 11.9 Å². The summed E-state index contributed by atoms with van der Waals surface area (Å²) in [7, 11) is 0. The summed E-state index contributed by atoms with van der Waals surface area (Å²) in [6, 6.07) is 7.53. The number of fused-ring (bicyclic) bond motifs is 1. The van der Waals surface area contributed by atoms with Crippen molar-refractivity contribution in [2.75, 3.05) is 11.9 Å². The van der Waals surface area contributed by atoms with Crippen LogP contribution in [-0.2, 0) is 24.2 Å². The van der Waals surface area contributed by atoms with E-state index in [-0.39, 0.29) is 17.7 Å². The Kier molecular flexibility index (Phi) is 6.39. The summed E-state index contributed by atoms with van der Waals surface area (Å²) < 4.78 is 0. The zero-order chi connectivity index (χ0) is 20.1. The van der Waals surface area contributed by atoms with Crippen LogP contribution < -0.4 is 5.32 Å². The van der Waals surface area contributed by atoms with E-state index in [1.54, 1.807) is 6.20 Å². The molecule has 2 aromatic rings. The molecular formula is C22H28N4O2. The van der Waals surface area contributed by atoms with Gasteiger partial charge in [-0.1, -0.05) is 32.9 Å². The number of nitrogens with one attached hydrogen (secondary N) is 1. The number of hydrogen-bond donors (Lipinski definition) is 1. The minimum absolute atomic E-state index is 0.0835. The quantitative estimate of drug-likeness (QED) is 0.831. The Labute approximate surface area is 166 Å². The molecule has 0 saturated carbocycles. The Morgan fingerprint density at radius 3 is 2.50 bits per heavy atom. The Balaban J connectivity index is 1.67. The van der Waals surface area contributed by atoms with Crippen LogP contribution in [0.15, 0.2) is 30.5 Å². The van der Waals surface area contributed by atoms with Crippen LogP contribution in [0.25, 0.3) is 0 Å². The standard InChI is InChI=1S/C22H28N4O2/c1-4-15-7-9-17(10-8-15)20(27)25-22-23-13-18-14-26(12-11-19(18)24-22)21(28)16(5-2)6-3/h7-10,13,16H,4-6,11-12,14H2,1-3H3,(H,23,24,25,27). The number of benzene rings is 1. The van der Waals surface area contributed by atoms with E-state index in [4.69, 9.17) is 0 Å². The molecule has 3 rings (SSSR count). The Hall–Kier alpha value is -2.76. The maximum atomic E-state index is 12.6. The van der Waals surface area contributed by atoms with E-state index in [2.05, 4.69) is 36.1 Å². The molecule has 0 bridgehead atoms. The van der Waals surface area contributed by atoms with E-state index in [0.29, 0.717) is 31.0 Å². The summed E-state index contributed by atoms with van der Waals surface area (Å²) in [5, 5.41) is 2.77. The van der Waals surface area contributed by atoms with Crippen molar-refractivity contribution in [3.8, 4) is 0 Å². The topological polar surface area (TPSA) is 75.2 Å². The molecule has 0 spiro atoms. The first-order valence-electron chi connectivity index (χ1n) is 10.1. The van der Waals surface area contributed by atoms with Gasteiger partial charge >= 0.3 is 0 Å². The van der Waals surface area contributed by atoms with E-state index < -0.39 is 0 Å². The second-order valence-corrected chi connectivity index (χ2v) is 7.19. The van der Waals surface area contributed by atoms with Crippen LogP contribution in [0.4, 0.5) is 5.95 Å². The molecule has 6 heteroatoms. The number of hydrogen-bond acceptors (Lipinski definition) is 4. The first kappa shape index (κ1) is 20.0. The molecule has 0 saturated heterocycles. The van der Waals surface area contributed by atoms with Gasteiger partial charge in [0.05, 0.1) is 5.69 Å². The third-order valence-corrected chi connectivity index (χ3v) is 5.43. The van der Waals surface area contributed by atoms with Gasteiger partial charge in [0.1, 0.15) is 0 Å². The molecule has 1 N–H and O–H groups in total. The lowest BCUT2D eigenvalue weighted by Gasteiger charge is -2.30. The van der Waals surface area contributed by atoms with Gasteiger partial charge in [-0.05, 0) is 37.0 Å². The minimum Gasteiger partial charge on any atom is -0.338 e. The molecule has 1 aromatic carbocycles. The molecule has 148 valence electrons. The van der Waals surface area contributed by atoms with E-state index in [1.807, 2.05) is 29.2 Å². The third kappa shape index (κ3) is 4.38. The summed E-state index contributed by atoms with van der Waals surface area (Å²) >= 11 is 0. The maximum absolute atomic E-state index is 12.6. The fourth-order valence-electron chi connectivity index (χ4n) is 3.53. The molecule has 28 heavy (non-hydrogen) atoms. The van der Waals surface area contributed by atoms with Crippen LogP contribution in [0.5, 0.6) is 0 Å². The number of aromatic nitrogens is 2. The normalized spacial score (nSPS) is 13.4. The Morgan fingerprint density at radius 1 is 1.14 bits per heavy atom. The van der Waals surface area contributed by atoms with E-state index in [0.717, 1.165) is 30.5 Å². The van der Waals surface area contributed by atoms with Gasteiger partial charge in [-0.15, -0.1) is 0 Å². The van der Waals surface area contributed by atoms with Gasteiger partial charge in [0.15, 0.2) is 0 Å². The van der Waals surface area contributed by atoms with Crippen LogP contribution in [0, 0.1) is 5.92 Å². The fourth-order valence-corrected chi connectivity index (χ4v) is 3.53. The van der Waals surface area contributed by atoms with Crippen molar-refractivity contribution in [3.63, 3.8) is 0 Å². The zero-order valence-electron chi connectivity index (χ0n) is 16.9. The number of amides is 2. The average molecular weight is 380 g/mol. The van der Waals surface area contributed by atoms with Gasteiger partial charge in [-0.25, -0.2) is 9.97 Å². The van der Waals surface area contributed by atoms with Crippen LogP contribution in [0.1, 0.15) is 60.8 Å². The molecular weight excluding hydrogens is 352 g/mol. The predicted octanol–water partition coefficient (Wildman–Crippen LogP) is 3.61. The van der Waals surface area contributed by atoms with E-state index in [1.165, 1.54) is 5.56 Å². The largest absolute Gasteiger partial charge is 0.338 e. The summed E-state index contributed by atoms with van der Waals surface area (Å²) in [6.45, 7) is 7.38. The van der Waals surface area contributed by atoms with Crippen molar-refractivity contribution < 1.29 is 9.59 Å². The lowest BCUT2D eigenvalue weighted by Crippen LogP contribution is -2.40. The first-order chi connectivity index (χ1) is 13.5. The highest BCUT2D eigenvalue weighted by Gasteiger charge is 2.26. The number of rotatable bonds is 6. The lowest BCUT2D eigenvalue weighted by molar-refractivity contribution is -0.136. The second kappa shape index (κ2) is 8.95. The molecule has 1 aliphatic rings. The predicted molar refractivity (Wildman–Crippen MR) is 109 cm³/mol. The van der Waals surface area contributed by atoms with Crippen molar-refractivity contribution in [1.29, 1.82) is 0 Å². The summed E-state index contributed by atoms with van der Waals surface area (Å²) in [5.41, 5.74) is 3.63. The number of carbonyl (C=O) groups is 2. The van der Waals surface area contributed by atoms with Crippen molar-refractivity contribution in [3.05, 3.63) is 52.8 Å². The minimum atomic E-state index is -0.219. The Bertz CT molecular complexity index is 844. The van der Waals surface area contributed by atoms with Gasteiger partial charge in [-0.2, -0.15) is 0 Å². The SMILES string of the molecule is CCc1ccc(C(=O)Nc2ncc3c(n2)CCN(C(=O)C(CC)CC)C3)cc1. The highest BCUT2D eigenvalue weighted by Crippen LogP contribution is 2.21. The monoisotopic (exact) mass is 380 g/mol. The average Bonchev–Trinajstić information content (AvgIpc) is 2.74.